The lowest BCUT2D eigenvalue weighted by molar-refractivity contribution is -0.122. The van der Waals surface area contributed by atoms with E-state index >= 15 is 0 Å². The minimum Gasteiger partial charge on any atom is -0.483 e. The molecule has 0 radical (unpaired) electrons. The van der Waals surface area contributed by atoms with Crippen molar-refractivity contribution in [2.75, 3.05) is 30.8 Å². The third-order valence-corrected chi connectivity index (χ3v) is 7.32. The van der Waals surface area contributed by atoms with E-state index < -0.39 is 0 Å². The van der Waals surface area contributed by atoms with Gasteiger partial charge in [-0.3, -0.25) is 9.59 Å². The topological polar surface area (TPSA) is 120 Å². The van der Waals surface area contributed by atoms with Crippen LogP contribution in [0.3, 0.4) is 0 Å². The van der Waals surface area contributed by atoms with Crippen molar-refractivity contribution in [2.24, 2.45) is 11.8 Å². The van der Waals surface area contributed by atoms with Crippen LogP contribution in [0.5, 0.6) is 0 Å². The molecule has 3 fully saturated rings. The van der Waals surface area contributed by atoms with Crippen LogP contribution in [0, 0.1) is 18.8 Å². The second-order valence-corrected chi connectivity index (χ2v) is 9.04. The summed E-state index contributed by atoms with van der Waals surface area (Å²) in [4.78, 5) is 36.1. The SMILES string of the molecule is CSc1ccc(N2C[C@@H]3[C@H](CNC(=O)c4nc[nH]c4C)[C@H]4CC[C@]3(C2)O4)nc1.O=CO. The molecule has 2 bridgehead atoms. The summed E-state index contributed by atoms with van der Waals surface area (Å²) >= 11 is 1.70. The van der Waals surface area contributed by atoms with Crippen molar-refractivity contribution in [1.82, 2.24) is 20.3 Å². The number of imidazole rings is 1. The van der Waals surface area contributed by atoms with E-state index in [4.69, 9.17) is 14.6 Å². The lowest BCUT2D eigenvalue weighted by Gasteiger charge is -2.29. The summed E-state index contributed by atoms with van der Waals surface area (Å²) in [7, 11) is 0. The molecule has 31 heavy (non-hydrogen) atoms. The van der Waals surface area contributed by atoms with E-state index in [0.717, 1.165) is 37.4 Å². The summed E-state index contributed by atoms with van der Waals surface area (Å²) in [5.74, 6) is 1.67. The molecule has 3 N–H and O–H groups in total. The molecular formula is C21H27N5O4S. The maximum Gasteiger partial charge on any atom is 0.290 e. The number of aromatic amines is 1. The number of fused-ring (bicyclic) bond motifs is 1. The van der Waals surface area contributed by atoms with E-state index in [1.807, 2.05) is 13.1 Å². The fourth-order valence-electron chi connectivity index (χ4n) is 5.20. The molecule has 3 saturated heterocycles. The Morgan fingerprint density at radius 1 is 1.48 bits per heavy atom. The number of amides is 1. The van der Waals surface area contributed by atoms with Gasteiger partial charge in [0.1, 0.15) is 11.5 Å². The molecule has 2 aromatic rings. The second-order valence-electron chi connectivity index (χ2n) is 8.16. The summed E-state index contributed by atoms with van der Waals surface area (Å²) in [5.41, 5.74) is 1.19. The van der Waals surface area contributed by atoms with Crippen LogP contribution < -0.4 is 10.2 Å². The van der Waals surface area contributed by atoms with E-state index in [1.54, 1.807) is 18.1 Å². The maximum atomic E-state index is 12.5. The number of anilines is 1. The number of nitrogens with zero attached hydrogens (tertiary/aromatic N) is 3. The van der Waals surface area contributed by atoms with Crippen LogP contribution in [0.4, 0.5) is 5.82 Å². The second kappa shape index (κ2) is 8.88. The summed E-state index contributed by atoms with van der Waals surface area (Å²) < 4.78 is 6.49. The maximum absolute atomic E-state index is 12.5. The van der Waals surface area contributed by atoms with Crippen molar-refractivity contribution in [3.05, 3.63) is 36.0 Å². The minimum absolute atomic E-state index is 0.0812. The largest absolute Gasteiger partial charge is 0.483 e. The Labute approximate surface area is 185 Å². The first-order valence-electron chi connectivity index (χ1n) is 10.3. The molecule has 2 aromatic heterocycles. The van der Waals surface area contributed by atoms with Gasteiger partial charge in [-0.2, -0.15) is 0 Å². The van der Waals surface area contributed by atoms with Gasteiger partial charge >= 0.3 is 0 Å². The van der Waals surface area contributed by atoms with Crippen LogP contribution in [0.25, 0.3) is 0 Å². The van der Waals surface area contributed by atoms with Crippen LogP contribution in [-0.2, 0) is 9.53 Å². The highest BCUT2D eigenvalue weighted by Gasteiger charge is 2.63. The highest BCUT2D eigenvalue weighted by Crippen LogP contribution is 2.55. The van der Waals surface area contributed by atoms with Gasteiger partial charge in [0.05, 0.1) is 18.0 Å². The van der Waals surface area contributed by atoms with Crippen molar-refractivity contribution in [3.8, 4) is 0 Å². The third-order valence-electron chi connectivity index (χ3n) is 6.61. The Balaban J connectivity index is 0.000000730. The molecule has 9 nitrogen and oxygen atoms in total. The lowest BCUT2D eigenvalue weighted by atomic mass is 9.73. The van der Waals surface area contributed by atoms with E-state index in [0.29, 0.717) is 24.1 Å². The molecule has 0 unspecified atom stereocenters. The van der Waals surface area contributed by atoms with Crippen LogP contribution >= 0.6 is 11.8 Å². The Morgan fingerprint density at radius 2 is 2.29 bits per heavy atom. The summed E-state index contributed by atoms with van der Waals surface area (Å²) in [6.07, 6.45) is 7.99. The third kappa shape index (κ3) is 4.01. The first kappa shape index (κ1) is 21.6. The predicted octanol–water partition coefficient (Wildman–Crippen LogP) is 1.95. The fourth-order valence-corrected chi connectivity index (χ4v) is 5.56. The number of aromatic nitrogens is 3. The molecule has 10 heteroatoms. The van der Waals surface area contributed by atoms with Gasteiger partial charge in [0.15, 0.2) is 0 Å². The zero-order chi connectivity index (χ0) is 22.0. The minimum atomic E-state index is -0.250. The Morgan fingerprint density at radius 3 is 2.94 bits per heavy atom. The van der Waals surface area contributed by atoms with Gasteiger partial charge in [-0.15, -0.1) is 11.8 Å². The molecule has 0 aromatic carbocycles. The van der Waals surface area contributed by atoms with Gasteiger partial charge < -0.3 is 25.0 Å². The summed E-state index contributed by atoms with van der Waals surface area (Å²) in [6.45, 7) is 4.07. The molecule has 0 aliphatic carbocycles. The van der Waals surface area contributed by atoms with E-state index in [-0.39, 0.29) is 24.1 Å². The van der Waals surface area contributed by atoms with E-state index in [2.05, 4.69) is 43.6 Å². The van der Waals surface area contributed by atoms with Gasteiger partial charge in [-0.25, -0.2) is 9.97 Å². The first-order valence-corrected chi connectivity index (χ1v) is 11.5. The Kier molecular flexibility index (Phi) is 6.19. The molecule has 3 aliphatic heterocycles. The number of carbonyl (C=O) groups excluding carboxylic acids is 1. The van der Waals surface area contributed by atoms with Crippen molar-refractivity contribution in [2.45, 2.75) is 36.4 Å². The summed E-state index contributed by atoms with van der Waals surface area (Å²) in [5, 5.41) is 9.98. The Hall–Kier alpha value is -2.59. The molecule has 166 valence electrons. The lowest BCUT2D eigenvalue weighted by Crippen LogP contribution is -2.42. The van der Waals surface area contributed by atoms with Gasteiger partial charge in [-0.1, -0.05) is 0 Å². The van der Waals surface area contributed by atoms with Crippen LogP contribution in [0.1, 0.15) is 29.0 Å². The van der Waals surface area contributed by atoms with Crippen LogP contribution in [-0.4, -0.2) is 70.0 Å². The number of rotatable bonds is 5. The molecular weight excluding hydrogens is 418 g/mol. The smallest absolute Gasteiger partial charge is 0.290 e. The average molecular weight is 446 g/mol. The number of carboxylic acid groups (broad SMARTS) is 1. The quantitative estimate of drug-likeness (QED) is 0.472. The monoisotopic (exact) mass is 445 g/mol. The Bertz CT molecular complexity index is 936. The molecule has 3 aliphatic rings. The fraction of sp³-hybridized carbons (Fsp3) is 0.524. The van der Waals surface area contributed by atoms with E-state index in [1.165, 1.54) is 4.90 Å². The van der Waals surface area contributed by atoms with Crippen molar-refractivity contribution in [1.29, 1.82) is 0 Å². The highest BCUT2D eigenvalue weighted by molar-refractivity contribution is 7.98. The number of ether oxygens (including phenoxy) is 1. The molecule has 0 saturated carbocycles. The summed E-state index contributed by atoms with van der Waals surface area (Å²) in [6, 6.07) is 4.23. The van der Waals surface area contributed by atoms with Crippen molar-refractivity contribution in [3.63, 3.8) is 0 Å². The number of nitrogens with one attached hydrogen (secondary N) is 2. The molecule has 1 amide bonds. The zero-order valence-corrected chi connectivity index (χ0v) is 18.4. The first-order chi connectivity index (χ1) is 15.0. The average Bonchev–Trinajstić information content (AvgIpc) is 3.53. The van der Waals surface area contributed by atoms with Crippen LogP contribution in [0.2, 0.25) is 0 Å². The van der Waals surface area contributed by atoms with Gasteiger partial charge in [-0.05, 0) is 38.2 Å². The number of thioether (sulfide) groups is 1. The standard InChI is InChI=1S/C20H25N5O2S.CH2O2/c1-12-18(24-11-23-12)19(26)22-8-14-15-9-25(10-20(15)6-5-16(14)27-20)17-4-3-13(28-2)7-21-17;2-1-3/h3-4,7,11,14-16H,5-6,8-10H2,1-2H3,(H,22,26)(H,23,24);1H,(H,2,3)/t14-,15+,16+,20+;/m0./s1. The van der Waals surface area contributed by atoms with Gasteiger partial charge in [0, 0.05) is 48.3 Å². The number of hydrogen-bond donors (Lipinski definition) is 3. The zero-order valence-electron chi connectivity index (χ0n) is 17.6. The van der Waals surface area contributed by atoms with Crippen LogP contribution in [0.15, 0.2) is 29.6 Å². The predicted molar refractivity (Wildman–Crippen MR) is 116 cm³/mol. The molecule has 5 rings (SSSR count). The molecule has 5 heterocycles. The molecule has 1 spiro atoms. The van der Waals surface area contributed by atoms with E-state index in [9.17, 15) is 4.79 Å². The van der Waals surface area contributed by atoms with Gasteiger partial charge in [0.25, 0.3) is 12.4 Å². The van der Waals surface area contributed by atoms with Crippen molar-refractivity contribution >= 4 is 30.0 Å². The highest BCUT2D eigenvalue weighted by atomic mass is 32.2. The number of hydrogen-bond acceptors (Lipinski definition) is 7. The number of H-pyrrole nitrogens is 1. The molecule has 4 atom stereocenters. The normalized spacial score (nSPS) is 28.1. The number of pyridine rings is 1. The van der Waals surface area contributed by atoms with Gasteiger partial charge in [0.2, 0.25) is 0 Å². The van der Waals surface area contributed by atoms with Crippen molar-refractivity contribution < 1.29 is 19.4 Å². The number of carbonyl (C=O) groups is 2. The number of aryl methyl sites for hydroxylation is 1.